The molecular formula is C36H38N4O. The molecule has 0 bridgehead atoms. The maximum Gasteiger partial charge on any atom is 0.248 e. The van der Waals surface area contributed by atoms with Gasteiger partial charge in [0.2, 0.25) is 5.91 Å². The SMILES string of the molecule is CCCCn1c(-c2ccccc2)nc(-c2ccccc2)c1C(C)N(Cc1ccccc1)Cc1ccc(C(N)=O)cc1. The van der Waals surface area contributed by atoms with Crippen LogP contribution in [0.2, 0.25) is 0 Å². The normalized spacial score (nSPS) is 12.0. The molecule has 5 rings (SSSR count). The molecular weight excluding hydrogens is 504 g/mol. The maximum absolute atomic E-state index is 11.7. The summed E-state index contributed by atoms with van der Waals surface area (Å²) in [6, 6.07) is 39.3. The number of nitrogens with zero attached hydrogens (tertiary/aromatic N) is 3. The molecule has 0 radical (unpaired) electrons. The number of carbonyl (C=O) groups excluding carboxylic acids is 1. The number of aromatic nitrogens is 2. The molecule has 1 aromatic heterocycles. The van der Waals surface area contributed by atoms with Gasteiger partial charge in [-0.2, -0.15) is 0 Å². The highest BCUT2D eigenvalue weighted by Crippen LogP contribution is 2.37. The first-order chi connectivity index (χ1) is 20.0. The largest absolute Gasteiger partial charge is 0.366 e. The van der Waals surface area contributed by atoms with E-state index in [1.807, 2.05) is 24.3 Å². The van der Waals surface area contributed by atoms with Gasteiger partial charge in [-0.3, -0.25) is 9.69 Å². The molecule has 0 aliphatic carbocycles. The van der Waals surface area contributed by atoms with Crippen LogP contribution in [0.15, 0.2) is 115 Å². The Bertz CT molecular complexity index is 1540. The van der Waals surface area contributed by atoms with Gasteiger partial charge in [-0.1, -0.05) is 116 Å². The molecule has 5 aromatic rings. The molecule has 1 amide bonds. The Morgan fingerprint density at radius 3 is 1.88 bits per heavy atom. The van der Waals surface area contributed by atoms with Crippen LogP contribution in [-0.4, -0.2) is 20.4 Å². The van der Waals surface area contributed by atoms with E-state index in [4.69, 9.17) is 10.7 Å². The standard InChI is InChI=1S/C36H38N4O/c1-3-4-24-40-34(33(30-16-10-6-11-17-30)38-36(40)32-18-12-7-13-19-32)27(2)39(25-28-14-8-5-9-15-28)26-29-20-22-31(23-21-29)35(37)41/h5-23,27H,3-4,24-26H2,1-2H3,(H2,37,41). The van der Waals surface area contributed by atoms with Crippen LogP contribution < -0.4 is 5.73 Å². The zero-order valence-electron chi connectivity index (χ0n) is 23.9. The predicted octanol–water partition coefficient (Wildman–Crippen LogP) is 7.88. The molecule has 4 aromatic carbocycles. The van der Waals surface area contributed by atoms with E-state index < -0.39 is 5.91 Å². The summed E-state index contributed by atoms with van der Waals surface area (Å²) in [5, 5.41) is 0. The van der Waals surface area contributed by atoms with E-state index in [-0.39, 0.29) is 6.04 Å². The zero-order valence-corrected chi connectivity index (χ0v) is 23.9. The second-order valence-electron chi connectivity index (χ2n) is 10.5. The average molecular weight is 543 g/mol. The lowest BCUT2D eigenvalue weighted by Crippen LogP contribution is -2.28. The van der Waals surface area contributed by atoms with E-state index in [2.05, 4.69) is 114 Å². The smallest absolute Gasteiger partial charge is 0.248 e. The summed E-state index contributed by atoms with van der Waals surface area (Å²) in [5.41, 5.74) is 12.9. The van der Waals surface area contributed by atoms with Crippen molar-refractivity contribution in [1.29, 1.82) is 0 Å². The van der Waals surface area contributed by atoms with Crippen LogP contribution in [0, 0.1) is 0 Å². The summed E-state index contributed by atoms with van der Waals surface area (Å²) in [6.07, 6.45) is 2.16. The summed E-state index contributed by atoms with van der Waals surface area (Å²) in [4.78, 5) is 19.5. The molecule has 0 fully saturated rings. The highest BCUT2D eigenvalue weighted by molar-refractivity contribution is 5.92. The van der Waals surface area contributed by atoms with Crippen LogP contribution in [0.1, 0.15) is 59.9 Å². The molecule has 41 heavy (non-hydrogen) atoms. The van der Waals surface area contributed by atoms with Gasteiger partial charge >= 0.3 is 0 Å². The molecule has 0 spiro atoms. The second-order valence-corrected chi connectivity index (χ2v) is 10.5. The first-order valence-electron chi connectivity index (χ1n) is 14.4. The minimum Gasteiger partial charge on any atom is -0.366 e. The highest BCUT2D eigenvalue weighted by atomic mass is 16.1. The van der Waals surface area contributed by atoms with Gasteiger partial charge < -0.3 is 10.3 Å². The van der Waals surface area contributed by atoms with Crippen molar-refractivity contribution in [2.75, 3.05) is 0 Å². The first-order valence-corrected chi connectivity index (χ1v) is 14.4. The van der Waals surface area contributed by atoms with Crippen molar-refractivity contribution >= 4 is 5.91 Å². The third-order valence-corrected chi connectivity index (χ3v) is 7.62. The minimum atomic E-state index is -0.410. The number of amides is 1. The topological polar surface area (TPSA) is 64.2 Å². The van der Waals surface area contributed by atoms with E-state index in [9.17, 15) is 4.79 Å². The molecule has 2 N–H and O–H groups in total. The number of primary amides is 1. The van der Waals surface area contributed by atoms with Gasteiger partial charge in [0.15, 0.2) is 0 Å². The number of benzene rings is 4. The Kier molecular flexibility index (Phi) is 9.07. The number of unbranched alkanes of at least 4 members (excludes halogenated alkanes) is 1. The molecule has 5 heteroatoms. The van der Waals surface area contributed by atoms with E-state index in [0.717, 1.165) is 54.1 Å². The fraction of sp³-hybridized carbons (Fsp3) is 0.222. The van der Waals surface area contributed by atoms with E-state index in [1.165, 1.54) is 11.3 Å². The zero-order chi connectivity index (χ0) is 28.6. The summed E-state index contributed by atoms with van der Waals surface area (Å²) in [7, 11) is 0. The summed E-state index contributed by atoms with van der Waals surface area (Å²) in [6.45, 7) is 6.91. The number of rotatable bonds is 12. The quantitative estimate of drug-likeness (QED) is 0.174. The lowest BCUT2D eigenvalue weighted by Gasteiger charge is -2.31. The fourth-order valence-electron chi connectivity index (χ4n) is 5.38. The summed E-state index contributed by atoms with van der Waals surface area (Å²) < 4.78 is 2.44. The van der Waals surface area contributed by atoms with Crippen LogP contribution in [0.5, 0.6) is 0 Å². The molecule has 0 saturated heterocycles. The van der Waals surface area contributed by atoms with Crippen LogP contribution in [0.4, 0.5) is 0 Å². The Morgan fingerprint density at radius 2 is 1.32 bits per heavy atom. The van der Waals surface area contributed by atoms with E-state index in [1.54, 1.807) is 0 Å². The van der Waals surface area contributed by atoms with E-state index in [0.29, 0.717) is 12.1 Å². The van der Waals surface area contributed by atoms with Crippen LogP contribution >= 0.6 is 0 Å². The van der Waals surface area contributed by atoms with Crippen molar-refractivity contribution in [3.63, 3.8) is 0 Å². The van der Waals surface area contributed by atoms with Gasteiger partial charge in [-0.05, 0) is 36.6 Å². The second kappa shape index (κ2) is 13.2. The van der Waals surface area contributed by atoms with Crippen LogP contribution in [0.25, 0.3) is 22.6 Å². The number of hydrogen-bond donors (Lipinski definition) is 1. The summed E-state index contributed by atoms with van der Waals surface area (Å²) in [5.74, 6) is 0.594. The van der Waals surface area contributed by atoms with Gasteiger partial charge in [-0.15, -0.1) is 0 Å². The fourth-order valence-corrected chi connectivity index (χ4v) is 5.38. The van der Waals surface area contributed by atoms with Crippen molar-refractivity contribution in [3.05, 3.63) is 138 Å². The molecule has 5 nitrogen and oxygen atoms in total. The van der Waals surface area contributed by atoms with Crippen molar-refractivity contribution in [3.8, 4) is 22.6 Å². The van der Waals surface area contributed by atoms with Crippen molar-refractivity contribution < 1.29 is 4.79 Å². The third-order valence-electron chi connectivity index (χ3n) is 7.62. The Labute approximate surface area is 243 Å². The molecule has 0 saturated carbocycles. The van der Waals surface area contributed by atoms with E-state index >= 15 is 0 Å². The lowest BCUT2D eigenvalue weighted by molar-refractivity contribution is 0.1000. The third kappa shape index (κ3) is 6.64. The number of hydrogen-bond acceptors (Lipinski definition) is 3. The lowest BCUT2D eigenvalue weighted by atomic mass is 10.0. The molecule has 208 valence electrons. The van der Waals surface area contributed by atoms with Crippen LogP contribution in [0.3, 0.4) is 0 Å². The number of carbonyl (C=O) groups is 1. The number of imidazole rings is 1. The summed E-state index contributed by atoms with van der Waals surface area (Å²) >= 11 is 0. The predicted molar refractivity (Wildman–Crippen MR) is 167 cm³/mol. The van der Waals surface area contributed by atoms with Crippen molar-refractivity contribution in [2.24, 2.45) is 5.73 Å². The van der Waals surface area contributed by atoms with Gasteiger partial charge in [0.25, 0.3) is 0 Å². The molecule has 0 aliphatic heterocycles. The monoisotopic (exact) mass is 542 g/mol. The Hall–Kier alpha value is -4.48. The number of nitrogens with two attached hydrogens (primary N) is 1. The average Bonchev–Trinajstić information content (AvgIpc) is 3.40. The van der Waals surface area contributed by atoms with Gasteiger partial charge in [-0.25, -0.2) is 4.98 Å². The van der Waals surface area contributed by atoms with Crippen molar-refractivity contribution in [2.45, 2.75) is 52.4 Å². The molecule has 1 atom stereocenters. The Balaban J connectivity index is 1.64. The molecule has 1 heterocycles. The molecule has 1 unspecified atom stereocenters. The van der Waals surface area contributed by atoms with Gasteiger partial charge in [0.1, 0.15) is 5.82 Å². The maximum atomic E-state index is 11.7. The Morgan fingerprint density at radius 1 is 0.780 bits per heavy atom. The first kappa shape index (κ1) is 28.1. The highest BCUT2D eigenvalue weighted by Gasteiger charge is 2.27. The molecule has 0 aliphatic rings. The van der Waals surface area contributed by atoms with Gasteiger partial charge in [0, 0.05) is 36.3 Å². The van der Waals surface area contributed by atoms with Crippen LogP contribution in [-0.2, 0) is 19.6 Å². The minimum absolute atomic E-state index is 0.0445. The van der Waals surface area contributed by atoms with Crippen molar-refractivity contribution in [1.82, 2.24) is 14.5 Å². The van der Waals surface area contributed by atoms with Gasteiger partial charge in [0.05, 0.1) is 17.4 Å².